The first kappa shape index (κ1) is 25.9. The molecule has 0 aromatic heterocycles. The van der Waals surface area contributed by atoms with Crippen molar-refractivity contribution in [3.05, 3.63) is 71.3 Å². The third-order valence-electron chi connectivity index (χ3n) is 8.46. The topological polar surface area (TPSA) is 97.0 Å². The van der Waals surface area contributed by atoms with Crippen LogP contribution in [0.3, 0.4) is 0 Å². The molecule has 4 aliphatic rings. The molecule has 3 amide bonds. The molecule has 2 bridgehead atoms. The van der Waals surface area contributed by atoms with Gasteiger partial charge >= 0.3 is 0 Å². The van der Waals surface area contributed by atoms with Crippen LogP contribution in [0.1, 0.15) is 37.7 Å². The van der Waals surface area contributed by atoms with Gasteiger partial charge in [0.25, 0.3) is 0 Å². The monoisotopic (exact) mass is 549 g/mol. The van der Waals surface area contributed by atoms with Crippen molar-refractivity contribution in [1.29, 1.82) is 0 Å². The van der Waals surface area contributed by atoms with Crippen molar-refractivity contribution in [2.75, 3.05) is 12.4 Å². The number of anilines is 1. The largest absolute Gasteiger partial charge is 0.497 e. The summed E-state index contributed by atoms with van der Waals surface area (Å²) in [5.74, 6) is -1.76. The van der Waals surface area contributed by atoms with Crippen LogP contribution in [-0.4, -0.2) is 53.5 Å². The van der Waals surface area contributed by atoms with E-state index in [9.17, 15) is 14.4 Å². The first-order valence-electron chi connectivity index (χ1n) is 13.6. The molecule has 3 heterocycles. The number of amides is 3. The van der Waals surface area contributed by atoms with Crippen molar-refractivity contribution < 1.29 is 23.9 Å². The highest BCUT2D eigenvalue weighted by molar-refractivity contribution is 6.30. The van der Waals surface area contributed by atoms with E-state index in [0.29, 0.717) is 16.5 Å². The van der Waals surface area contributed by atoms with Crippen molar-refractivity contribution >= 4 is 35.0 Å². The molecule has 39 heavy (non-hydrogen) atoms. The van der Waals surface area contributed by atoms with Crippen LogP contribution >= 0.6 is 11.6 Å². The molecule has 204 valence electrons. The van der Waals surface area contributed by atoms with Crippen LogP contribution in [0.2, 0.25) is 5.02 Å². The minimum Gasteiger partial charge on any atom is -0.497 e. The Bertz CT molecular complexity index is 1330. The Morgan fingerprint density at radius 2 is 1.90 bits per heavy atom. The van der Waals surface area contributed by atoms with E-state index in [2.05, 4.69) is 10.6 Å². The fourth-order valence-corrected chi connectivity index (χ4v) is 6.91. The van der Waals surface area contributed by atoms with Gasteiger partial charge in [0.2, 0.25) is 17.7 Å². The summed E-state index contributed by atoms with van der Waals surface area (Å²) in [6.45, 7) is 0.196. The summed E-state index contributed by atoms with van der Waals surface area (Å²) in [5.41, 5.74) is 0.155. The Balaban J connectivity index is 1.33. The molecule has 5 unspecified atom stereocenters. The predicted molar refractivity (Wildman–Crippen MR) is 146 cm³/mol. The summed E-state index contributed by atoms with van der Waals surface area (Å²) in [7, 11) is 1.59. The summed E-state index contributed by atoms with van der Waals surface area (Å²) < 4.78 is 11.8. The number of benzene rings is 2. The number of rotatable bonds is 7. The van der Waals surface area contributed by atoms with Gasteiger partial charge in [-0.3, -0.25) is 14.4 Å². The number of fused-ring (bicyclic) bond motifs is 1. The van der Waals surface area contributed by atoms with Gasteiger partial charge in [-0.15, -0.1) is 0 Å². The number of ether oxygens (including phenoxy) is 2. The normalized spacial score (nSPS) is 29.4. The molecule has 6 rings (SSSR count). The maximum Gasteiger partial charge on any atom is 0.246 e. The number of halogens is 1. The predicted octanol–water partition coefficient (Wildman–Crippen LogP) is 4.09. The SMILES string of the molecule is COc1cccc(CN2C(=O)C3C(C(=O)Nc4cccc(Cl)c4)C4C=CC3(O4)C2C(=O)NC2CCCCC2)c1. The second-order valence-electron chi connectivity index (χ2n) is 10.9. The van der Waals surface area contributed by atoms with Crippen LogP contribution < -0.4 is 15.4 Å². The molecule has 3 aliphatic heterocycles. The van der Waals surface area contributed by atoms with Crippen LogP contribution in [0.5, 0.6) is 5.75 Å². The molecule has 0 radical (unpaired) electrons. The van der Waals surface area contributed by atoms with Gasteiger partial charge in [-0.1, -0.05) is 61.2 Å². The molecule has 1 saturated carbocycles. The van der Waals surface area contributed by atoms with Crippen molar-refractivity contribution in [1.82, 2.24) is 10.2 Å². The number of nitrogens with one attached hydrogen (secondary N) is 2. The van der Waals surface area contributed by atoms with Gasteiger partial charge in [0, 0.05) is 23.3 Å². The van der Waals surface area contributed by atoms with Gasteiger partial charge in [-0.2, -0.15) is 0 Å². The van der Waals surface area contributed by atoms with Gasteiger partial charge in [0.15, 0.2) is 0 Å². The zero-order valence-electron chi connectivity index (χ0n) is 21.8. The van der Waals surface area contributed by atoms with Crippen LogP contribution in [-0.2, 0) is 25.7 Å². The van der Waals surface area contributed by atoms with Crippen LogP contribution in [0.4, 0.5) is 5.69 Å². The Hall–Kier alpha value is -3.36. The summed E-state index contributed by atoms with van der Waals surface area (Å²) >= 11 is 6.11. The molecule has 2 aromatic rings. The number of hydrogen-bond donors (Lipinski definition) is 2. The Kier molecular flexibility index (Phi) is 6.85. The fraction of sp³-hybridized carbons (Fsp3) is 0.433. The first-order valence-corrected chi connectivity index (χ1v) is 13.9. The molecular weight excluding hydrogens is 518 g/mol. The van der Waals surface area contributed by atoms with E-state index in [-0.39, 0.29) is 30.3 Å². The number of likely N-dealkylation sites (tertiary alicyclic amines) is 1. The average Bonchev–Trinajstić information content (AvgIpc) is 3.57. The maximum absolute atomic E-state index is 14.2. The molecule has 2 aromatic carbocycles. The van der Waals surface area contributed by atoms with Crippen LogP contribution in [0.15, 0.2) is 60.7 Å². The zero-order chi connectivity index (χ0) is 27.1. The minimum atomic E-state index is -1.21. The van der Waals surface area contributed by atoms with E-state index in [1.165, 1.54) is 6.42 Å². The number of carbonyl (C=O) groups is 3. The standard InChI is InChI=1S/C30H32ClN3O5/c1-38-22-12-5-7-18(15-22)17-34-26(28(36)32-20-9-3-2-4-10-20)30-14-13-23(39-30)24(25(30)29(34)37)27(35)33-21-11-6-8-19(31)16-21/h5-8,11-16,20,23-26H,2-4,9-10,17H2,1H3,(H,32,36)(H,33,35). The van der Waals surface area contributed by atoms with Crippen LogP contribution in [0.25, 0.3) is 0 Å². The van der Waals surface area contributed by atoms with E-state index >= 15 is 0 Å². The van der Waals surface area contributed by atoms with E-state index in [1.807, 2.05) is 36.4 Å². The highest BCUT2D eigenvalue weighted by Gasteiger charge is 2.72. The van der Waals surface area contributed by atoms with Gasteiger partial charge in [0.05, 0.1) is 25.0 Å². The first-order chi connectivity index (χ1) is 18.9. The van der Waals surface area contributed by atoms with Crippen molar-refractivity contribution in [3.8, 4) is 5.75 Å². The number of hydrogen-bond acceptors (Lipinski definition) is 5. The Labute approximate surface area is 232 Å². The molecule has 1 spiro atoms. The van der Waals surface area contributed by atoms with E-state index < -0.39 is 29.6 Å². The van der Waals surface area contributed by atoms with E-state index in [4.69, 9.17) is 21.1 Å². The Morgan fingerprint density at radius 1 is 1.10 bits per heavy atom. The molecule has 1 aliphatic carbocycles. The lowest BCUT2D eigenvalue weighted by Gasteiger charge is -2.34. The molecular formula is C30H32ClN3O5. The average molecular weight is 550 g/mol. The lowest BCUT2D eigenvalue weighted by atomic mass is 9.74. The molecule has 8 nitrogen and oxygen atoms in total. The number of nitrogens with zero attached hydrogens (tertiary/aromatic N) is 1. The summed E-state index contributed by atoms with van der Waals surface area (Å²) in [6, 6.07) is 13.5. The maximum atomic E-state index is 14.2. The molecule has 9 heteroatoms. The van der Waals surface area contributed by atoms with Gasteiger partial charge in [-0.25, -0.2) is 0 Å². The molecule has 3 fully saturated rings. The van der Waals surface area contributed by atoms with Crippen molar-refractivity contribution in [2.45, 2.75) is 62.4 Å². The Morgan fingerprint density at radius 3 is 2.67 bits per heavy atom. The third kappa shape index (κ3) is 4.59. The van der Waals surface area contributed by atoms with Crippen molar-refractivity contribution in [3.63, 3.8) is 0 Å². The highest BCUT2D eigenvalue weighted by atomic mass is 35.5. The molecule has 2 N–H and O–H groups in total. The van der Waals surface area contributed by atoms with Gasteiger partial charge < -0.3 is 25.0 Å². The molecule has 2 saturated heterocycles. The van der Waals surface area contributed by atoms with Crippen molar-refractivity contribution in [2.24, 2.45) is 11.8 Å². The third-order valence-corrected chi connectivity index (χ3v) is 8.69. The number of carbonyl (C=O) groups excluding carboxylic acids is 3. The van der Waals surface area contributed by atoms with Crippen LogP contribution in [0, 0.1) is 11.8 Å². The van der Waals surface area contributed by atoms with E-state index in [1.54, 1.807) is 36.3 Å². The fourth-order valence-electron chi connectivity index (χ4n) is 6.72. The van der Waals surface area contributed by atoms with Gasteiger partial charge in [-0.05, 0) is 48.7 Å². The molecule has 5 atom stereocenters. The highest BCUT2D eigenvalue weighted by Crippen LogP contribution is 2.55. The zero-order valence-corrected chi connectivity index (χ0v) is 22.5. The quantitative estimate of drug-likeness (QED) is 0.507. The number of methoxy groups -OCH3 is 1. The lowest BCUT2D eigenvalue weighted by Crippen LogP contribution is -2.56. The smallest absolute Gasteiger partial charge is 0.246 e. The second-order valence-corrected chi connectivity index (χ2v) is 11.3. The second kappa shape index (κ2) is 10.3. The van der Waals surface area contributed by atoms with E-state index in [0.717, 1.165) is 31.2 Å². The summed E-state index contributed by atoms with van der Waals surface area (Å²) in [4.78, 5) is 43.3. The minimum absolute atomic E-state index is 0.0694. The summed E-state index contributed by atoms with van der Waals surface area (Å²) in [5, 5.41) is 6.61. The summed E-state index contributed by atoms with van der Waals surface area (Å²) in [6.07, 6.45) is 8.20. The van der Waals surface area contributed by atoms with Gasteiger partial charge in [0.1, 0.15) is 17.4 Å². The lowest BCUT2D eigenvalue weighted by molar-refractivity contribution is -0.142.